The molecule has 0 radical (unpaired) electrons. The van der Waals surface area contributed by atoms with Crippen molar-refractivity contribution in [2.24, 2.45) is 0 Å². The second-order valence-electron chi connectivity index (χ2n) is 6.71. The molecule has 2 saturated heterocycles. The molecular formula is C18H22ClN3O2S. The molecule has 1 N–H and O–H groups in total. The molecule has 4 rings (SSSR count). The lowest BCUT2D eigenvalue weighted by molar-refractivity contribution is -0.124. The molecule has 2 fully saturated rings. The fourth-order valence-corrected chi connectivity index (χ4v) is 4.97. The first-order valence-corrected chi connectivity index (χ1v) is 10.1. The number of fused-ring (bicyclic) bond motifs is 1. The summed E-state index contributed by atoms with van der Waals surface area (Å²) in [6.07, 6.45) is 5.22. The average Bonchev–Trinajstić information content (AvgIpc) is 3.03. The zero-order valence-corrected chi connectivity index (χ0v) is 15.6. The molecule has 2 aliphatic heterocycles. The molecule has 0 unspecified atom stereocenters. The highest BCUT2D eigenvalue weighted by Crippen LogP contribution is 2.30. The summed E-state index contributed by atoms with van der Waals surface area (Å²) in [5, 5.41) is 4.38. The molecule has 2 aliphatic rings. The van der Waals surface area contributed by atoms with Crippen molar-refractivity contribution >= 4 is 44.2 Å². The van der Waals surface area contributed by atoms with E-state index in [1.165, 1.54) is 17.8 Å². The average molecular weight is 380 g/mol. The Kier molecular flexibility index (Phi) is 5.22. The molecule has 2 aromatic rings. The fraction of sp³-hybridized carbons (Fsp3) is 0.556. The first-order chi connectivity index (χ1) is 12.2. The molecule has 5 nitrogen and oxygen atoms in total. The number of piperidine rings is 1. The van der Waals surface area contributed by atoms with Crippen molar-refractivity contribution in [2.45, 2.75) is 44.2 Å². The van der Waals surface area contributed by atoms with E-state index in [1.54, 1.807) is 0 Å². The molecule has 1 aromatic carbocycles. The summed E-state index contributed by atoms with van der Waals surface area (Å²) in [5.74, 6) is 0.0661. The summed E-state index contributed by atoms with van der Waals surface area (Å²) < 4.78 is 6.47. The van der Waals surface area contributed by atoms with Crippen LogP contribution in [0.3, 0.4) is 0 Å². The quantitative estimate of drug-likeness (QED) is 0.878. The molecule has 1 atom stereocenters. The van der Waals surface area contributed by atoms with Gasteiger partial charge in [0.25, 0.3) is 0 Å². The number of hydrogen-bond donors (Lipinski definition) is 1. The van der Waals surface area contributed by atoms with Gasteiger partial charge in [-0.05, 0) is 50.4 Å². The van der Waals surface area contributed by atoms with E-state index >= 15 is 0 Å². The zero-order valence-electron chi connectivity index (χ0n) is 14.0. The van der Waals surface area contributed by atoms with Crippen molar-refractivity contribution in [2.75, 3.05) is 25.1 Å². The number of amides is 1. The van der Waals surface area contributed by atoms with Gasteiger partial charge in [-0.1, -0.05) is 29.4 Å². The molecule has 134 valence electrons. The van der Waals surface area contributed by atoms with Crippen molar-refractivity contribution < 1.29 is 9.53 Å². The molecular weight excluding hydrogens is 358 g/mol. The van der Waals surface area contributed by atoms with E-state index in [0.29, 0.717) is 16.2 Å². The maximum Gasteiger partial charge on any atom is 0.243 e. The Morgan fingerprint density at radius 2 is 2.12 bits per heavy atom. The smallest absolute Gasteiger partial charge is 0.243 e. The van der Waals surface area contributed by atoms with E-state index in [0.717, 1.165) is 55.7 Å². The highest BCUT2D eigenvalue weighted by molar-refractivity contribution is 7.22. The maximum atomic E-state index is 12.9. The van der Waals surface area contributed by atoms with Crippen LogP contribution in [0.1, 0.15) is 32.1 Å². The molecule has 3 heterocycles. The van der Waals surface area contributed by atoms with Crippen molar-refractivity contribution in [1.82, 2.24) is 9.88 Å². The van der Waals surface area contributed by atoms with E-state index in [9.17, 15) is 4.79 Å². The molecule has 0 bridgehead atoms. The van der Waals surface area contributed by atoms with Crippen molar-refractivity contribution in [3.8, 4) is 0 Å². The number of rotatable bonds is 3. The Morgan fingerprint density at radius 1 is 1.28 bits per heavy atom. The first-order valence-electron chi connectivity index (χ1n) is 8.91. The van der Waals surface area contributed by atoms with Crippen molar-refractivity contribution in [3.05, 3.63) is 23.2 Å². The van der Waals surface area contributed by atoms with Gasteiger partial charge < -0.3 is 10.1 Å². The molecule has 7 heteroatoms. The SMILES string of the molecule is O=C(Nc1nc2ccc(Cl)cc2s1)[C@@H]1CCCCN1C1CCOCC1. The number of likely N-dealkylation sites (tertiary alicyclic amines) is 1. The van der Waals surface area contributed by atoms with Crippen LogP contribution in [-0.2, 0) is 9.53 Å². The van der Waals surface area contributed by atoms with Crippen LogP contribution in [0.25, 0.3) is 10.2 Å². The number of benzene rings is 1. The number of hydrogen-bond acceptors (Lipinski definition) is 5. The number of aromatic nitrogens is 1. The molecule has 0 saturated carbocycles. The van der Waals surface area contributed by atoms with Gasteiger partial charge in [-0.2, -0.15) is 0 Å². The van der Waals surface area contributed by atoms with Crippen LogP contribution >= 0.6 is 22.9 Å². The second-order valence-corrected chi connectivity index (χ2v) is 8.18. The van der Waals surface area contributed by atoms with Gasteiger partial charge in [0, 0.05) is 24.3 Å². The van der Waals surface area contributed by atoms with Gasteiger partial charge in [0.15, 0.2) is 5.13 Å². The standard InChI is InChI=1S/C18H22ClN3O2S/c19-12-4-5-14-16(11-12)25-18(20-14)21-17(23)15-3-1-2-8-22(15)13-6-9-24-10-7-13/h4-5,11,13,15H,1-3,6-10H2,(H,20,21,23)/t15-/m0/s1. The number of ether oxygens (including phenoxy) is 1. The van der Waals surface area contributed by atoms with E-state index in [1.807, 2.05) is 18.2 Å². The zero-order chi connectivity index (χ0) is 17.2. The largest absolute Gasteiger partial charge is 0.381 e. The van der Waals surface area contributed by atoms with Crippen LogP contribution in [0.15, 0.2) is 18.2 Å². The monoisotopic (exact) mass is 379 g/mol. The summed E-state index contributed by atoms with van der Waals surface area (Å²) in [5.41, 5.74) is 0.870. The Morgan fingerprint density at radius 3 is 2.96 bits per heavy atom. The molecule has 1 amide bonds. The minimum Gasteiger partial charge on any atom is -0.381 e. The Labute approximate surface area is 156 Å². The van der Waals surface area contributed by atoms with E-state index in [2.05, 4.69) is 15.2 Å². The van der Waals surface area contributed by atoms with Gasteiger partial charge in [-0.25, -0.2) is 4.98 Å². The molecule has 0 aliphatic carbocycles. The van der Waals surface area contributed by atoms with Crippen molar-refractivity contribution in [1.29, 1.82) is 0 Å². The second kappa shape index (κ2) is 7.58. The number of nitrogens with one attached hydrogen (secondary N) is 1. The third-order valence-electron chi connectivity index (χ3n) is 5.09. The fourth-order valence-electron chi connectivity index (χ4n) is 3.83. The first kappa shape index (κ1) is 17.2. The lowest BCUT2D eigenvalue weighted by Gasteiger charge is -2.41. The van der Waals surface area contributed by atoms with Gasteiger partial charge in [-0.15, -0.1) is 0 Å². The molecule has 0 spiro atoms. The highest BCUT2D eigenvalue weighted by Gasteiger charge is 2.34. The Hall–Kier alpha value is -1.21. The van der Waals surface area contributed by atoms with Crippen LogP contribution in [0, 0.1) is 0 Å². The summed E-state index contributed by atoms with van der Waals surface area (Å²) in [6, 6.07) is 5.99. The number of nitrogens with zero attached hydrogens (tertiary/aromatic N) is 2. The third kappa shape index (κ3) is 3.82. The van der Waals surface area contributed by atoms with Crippen LogP contribution in [0.4, 0.5) is 5.13 Å². The number of thiazole rings is 1. The summed E-state index contributed by atoms with van der Waals surface area (Å²) in [7, 11) is 0. The topological polar surface area (TPSA) is 54.5 Å². The Balaban J connectivity index is 1.49. The lowest BCUT2D eigenvalue weighted by Crippen LogP contribution is -2.53. The van der Waals surface area contributed by atoms with Gasteiger partial charge in [0.2, 0.25) is 5.91 Å². The summed E-state index contributed by atoms with van der Waals surface area (Å²) >= 11 is 7.51. The predicted molar refractivity (Wildman–Crippen MR) is 101 cm³/mol. The van der Waals surface area contributed by atoms with Crippen LogP contribution < -0.4 is 5.32 Å². The Bertz CT molecular complexity index is 760. The van der Waals surface area contributed by atoms with Crippen molar-refractivity contribution in [3.63, 3.8) is 0 Å². The van der Waals surface area contributed by atoms with Gasteiger partial charge in [0.05, 0.1) is 16.3 Å². The number of carbonyl (C=O) groups is 1. The third-order valence-corrected chi connectivity index (χ3v) is 6.26. The van der Waals surface area contributed by atoms with Crippen LogP contribution in [0.2, 0.25) is 5.02 Å². The maximum absolute atomic E-state index is 12.9. The van der Waals surface area contributed by atoms with Gasteiger partial charge in [0.1, 0.15) is 0 Å². The summed E-state index contributed by atoms with van der Waals surface area (Å²) in [6.45, 7) is 2.60. The van der Waals surface area contributed by atoms with Gasteiger partial charge >= 0.3 is 0 Å². The van der Waals surface area contributed by atoms with E-state index in [-0.39, 0.29) is 11.9 Å². The number of anilines is 1. The molecule has 1 aromatic heterocycles. The number of halogens is 1. The van der Waals surface area contributed by atoms with Crippen LogP contribution in [0.5, 0.6) is 0 Å². The van der Waals surface area contributed by atoms with Gasteiger partial charge in [-0.3, -0.25) is 9.69 Å². The molecule has 25 heavy (non-hydrogen) atoms. The predicted octanol–water partition coefficient (Wildman–Crippen LogP) is 3.92. The van der Waals surface area contributed by atoms with Crippen LogP contribution in [-0.4, -0.2) is 47.6 Å². The lowest BCUT2D eigenvalue weighted by atomic mass is 9.96. The summed E-state index contributed by atoms with van der Waals surface area (Å²) in [4.78, 5) is 19.8. The minimum atomic E-state index is -0.0625. The number of carbonyl (C=O) groups excluding carboxylic acids is 1. The van der Waals surface area contributed by atoms with E-state index in [4.69, 9.17) is 16.3 Å². The van der Waals surface area contributed by atoms with E-state index < -0.39 is 0 Å². The minimum absolute atomic E-state index is 0.0625. The normalized spacial score (nSPS) is 23.0. The highest BCUT2D eigenvalue weighted by atomic mass is 35.5.